The van der Waals surface area contributed by atoms with Crippen LogP contribution in [-0.2, 0) is 21.4 Å². The summed E-state index contributed by atoms with van der Waals surface area (Å²) in [4.78, 5) is 14.2. The molecule has 0 saturated carbocycles. The molecule has 0 aliphatic heterocycles. The standard InChI is InChI=1S/C22H21FN2O3S/c1-24(20-10-6-3-7-11-20)22(26)17-25(16-18-8-4-2-5-9-18)29(27,28)21-14-12-19(23)13-15-21/h2-15H,16-17H2,1H3. The molecule has 0 N–H and O–H groups in total. The number of amides is 1. The minimum absolute atomic E-state index is 0.0227. The highest BCUT2D eigenvalue weighted by atomic mass is 32.2. The fourth-order valence-electron chi connectivity index (χ4n) is 2.82. The molecule has 3 rings (SSSR count). The third-order valence-electron chi connectivity index (χ3n) is 4.48. The van der Waals surface area contributed by atoms with E-state index in [1.165, 1.54) is 17.0 Å². The smallest absolute Gasteiger partial charge is 0.243 e. The first kappa shape index (κ1) is 20.7. The summed E-state index contributed by atoms with van der Waals surface area (Å²) in [7, 11) is -2.41. The Kier molecular flexibility index (Phi) is 6.41. The van der Waals surface area contributed by atoms with Crippen molar-refractivity contribution in [3.05, 3.63) is 96.3 Å². The summed E-state index contributed by atoms with van der Waals surface area (Å²) in [5.41, 5.74) is 1.41. The predicted molar refractivity (Wildman–Crippen MR) is 110 cm³/mol. The molecular weight excluding hydrogens is 391 g/mol. The molecule has 3 aromatic carbocycles. The Balaban J connectivity index is 1.90. The molecule has 1 amide bonds. The lowest BCUT2D eigenvalue weighted by molar-refractivity contribution is -0.118. The predicted octanol–water partition coefficient (Wildman–Crippen LogP) is 3.68. The minimum atomic E-state index is -4.01. The molecule has 0 bridgehead atoms. The van der Waals surface area contributed by atoms with Crippen LogP contribution in [0.25, 0.3) is 0 Å². The number of para-hydroxylation sites is 1. The molecule has 0 fully saturated rings. The first-order valence-electron chi connectivity index (χ1n) is 8.99. The van der Waals surface area contributed by atoms with Crippen LogP contribution in [0.4, 0.5) is 10.1 Å². The fourth-order valence-corrected chi connectivity index (χ4v) is 4.20. The highest BCUT2D eigenvalue weighted by molar-refractivity contribution is 7.89. The van der Waals surface area contributed by atoms with Gasteiger partial charge in [0.1, 0.15) is 5.82 Å². The summed E-state index contributed by atoms with van der Waals surface area (Å²) in [6.45, 7) is -0.324. The van der Waals surface area contributed by atoms with Gasteiger partial charge in [-0.1, -0.05) is 48.5 Å². The van der Waals surface area contributed by atoms with E-state index in [1.54, 1.807) is 55.6 Å². The van der Waals surface area contributed by atoms with Crippen LogP contribution in [0.5, 0.6) is 0 Å². The molecule has 0 saturated heterocycles. The quantitative estimate of drug-likeness (QED) is 0.595. The summed E-state index contributed by atoms with van der Waals surface area (Å²) in [5, 5.41) is 0. The molecule has 3 aromatic rings. The fraction of sp³-hybridized carbons (Fsp3) is 0.136. The summed E-state index contributed by atoms with van der Waals surface area (Å²) in [6, 6.07) is 22.6. The Labute approximate surface area is 170 Å². The second-order valence-electron chi connectivity index (χ2n) is 6.50. The van der Waals surface area contributed by atoms with Crippen molar-refractivity contribution in [2.45, 2.75) is 11.4 Å². The molecule has 150 valence electrons. The molecule has 0 spiro atoms. The molecule has 0 heterocycles. The molecule has 0 aliphatic rings. The molecule has 0 unspecified atom stereocenters. The summed E-state index contributed by atoms with van der Waals surface area (Å²) in [5.74, 6) is -0.906. The van der Waals surface area contributed by atoms with Crippen molar-refractivity contribution in [2.75, 3.05) is 18.5 Å². The third kappa shape index (κ3) is 5.07. The van der Waals surface area contributed by atoms with E-state index in [9.17, 15) is 17.6 Å². The Morgan fingerprint density at radius 2 is 1.41 bits per heavy atom. The van der Waals surface area contributed by atoms with E-state index >= 15 is 0 Å². The topological polar surface area (TPSA) is 57.7 Å². The van der Waals surface area contributed by atoms with Gasteiger partial charge in [0, 0.05) is 19.3 Å². The van der Waals surface area contributed by atoms with E-state index in [2.05, 4.69) is 0 Å². The lowest BCUT2D eigenvalue weighted by Crippen LogP contribution is -2.41. The van der Waals surface area contributed by atoms with Crippen molar-refractivity contribution in [2.24, 2.45) is 0 Å². The van der Waals surface area contributed by atoms with Crippen molar-refractivity contribution < 1.29 is 17.6 Å². The number of sulfonamides is 1. The van der Waals surface area contributed by atoms with Crippen LogP contribution >= 0.6 is 0 Å². The van der Waals surface area contributed by atoms with Crippen LogP contribution in [0.1, 0.15) is 5.56 Å². The van der Waals surface area contributed by atoms with E-state index in [0.717, 1.165) is 22.0 Å². The van der Waals surface area contributed by atoms with Gasteiger partial charge in [0.2, 0.25) is 15.9 Å². The second-order valence-corrected chi connectivity index (χ2v) is 8.44. The molecule has 0 aromatic heterocycles. The van der Waals surface area contributed by atoms with Gasteiger partial charge in [-0.2, -0.15) is 4.31 Å². The van der Waals surface area contributed by atoms with E-state index in [4.69, 9.17) is 0 Å². The van der Waals surface area contributed by atoms with Gasteiger partial charge in [0.15, 0.2) is 0 Å². The molecule has 5 nitrogen and oxygen atoms in total. The molecular formula is C22H21FN2O3S. The first-order valence-corrected chi connectivity index (χ1v) is 10.4. The average Bonchev–Trinajstić information content (AvgIpc) is 2.74. The number of anilines is 1. The van der Waals surface area contributed by atoms with Gasteiger partial charge < -0.3 is 4.90 Å². The molecule has 0 radical (unpaired) electrons. The third-order valence-corrected chi connectivity index (χ3v) is 6.29. The molecule has 7 heteroatoms. The minimum Gasteiger partial charge on any atom is -0.314 e. The average molecular weight is 412 g/mol. The van der Waals surface area contributed by atoms with Crippen molar-refractivity contribution in [1.82, 2.24) is 4.31 Å². The Morgan fingerprint density at radius 3 is 2.00 bits per heavy atom. The zero-order valence-electron chi connectivity index (χ0n) is 15.9. The number of carbonyl (C=O) groups excluding carboxylic acids is 1. The Hall–Kier alpha value is -3.03. The van der Waals surface area contributed by atoms with Gasteiger partial charge >= 0.3 is 0 Å². The second kappa shape index (κ2) is 8.98. The van der Waals surface area contributed by atoms with E-state index in [0.29, 0.717) is 5.69 Å². The highest BCUT2D eigenvalue weighted by Gasteiger charge is 2.28. The monoisotopic (exact) mass is 412 g/mol. The van der Waals surface area contributed by atoms with Crippen molar-refractivity contribution in [3.63, 3.8) is 0 Å². The Morgan fingerprint density at radius 1 is 0.862 bits per heavy atom. The number of benzene rings is 3. The normalized spacial score (nSPS) is 11.4. The van der Waals surface area contributed by atoms with Crippen LogP contribution in [-0.4, -0.2) is 32.2 Å². The maximum Gasteiger partial charge on any atom is 0.243 e. The van der Waals surface area contributed by atoms with Crippen LogP contribution in [0.2, 0.25) is 0 Å². The zero-order valence-corrected chi connectivity index (χ0v) is 16.7. The number of hydrogen-bond donors (Lipinski definition) is 0. The molecule has 0 atom stereocenters. The number of hydrogen-bond acceptors (Lipinski definition) is 3. The number of nitrogens with zero attached hydrogens (tertiary/aromatic N) is 2. The van der Waals surface area contributed by atoms with Crippen molar-refractivity contribution in [1.29, 1.82) is 0 Å². The maximum absolute atomic E-state index is 13.3. The number of carbonyl (C=O) groups is 1. The van der Waals surface area contributed by atoms with Gasteiger partial charge in [0.25, 0.3) is 0 Å². The first-order chi connectivity index (χ1) is 13.9. The number of likely N-dealkylation sites (N-methyl/N-ethyl adjacent to an activating group) is 1. The maximum atomic E-state index is 13.3. The number of rotatable bonds is 7. The molecule has 29 heavy (non-hydrogen) atoms. The van der Waals surface area contributed by atoms with Crippen molar-refractivity contribution in [3.8, 4) is 0 Å². The largest absolute Gasteiger partial charge is 0.314 e. The molecule has 0 aliphatic carbocycles. The SMILES string of the molecule is CN(C(=O)CN(Cc1ccccc1)S(=O)(=O)c1ccc(F)cc1)c1ccccc1. The van der Waals surface area contributed by atoms with Crippen LogP contribution in [0.15, 0.2) is 89.8 Å². The zero-order chi connectivity index (χ0) is 20.9. The number of halogens is 1. The van der Waals surface area contributed by atoms with Gasteiger partial charge in [-0.25, -0.2) is 12.8 Å². The van der Waals surface area contributed by atoms with Gasteiger partial charge in [0.05, 0.1) is 11.4 Å². The highest BCUT2D eigenvalue weighted by Crippen LogP contribution is 2.20. The summed E-state index contributed by atoms with van der Waals surface area (Å²) in [6.07, 6.45) is 0. The van der Waals surface area contributed by atoms with Crippen LogP contribution < -0.4 is 4.90 Å². The van der Waals surface area contributed by atoms with E-state index < -0.39 is 15.8 Å². The van der Waals surface area contributed by atoms with Crippen LogP contribution in [0, 0.1) is 5.82 Å². The van der Waals surface area contributed by atoms with Gasteiger partial charge in [-0.15, -0.1) is 0 Å². The Bertz CT molecular complexity index is 1060. The summed E-state index contributed by atoms with van der Waals surface area (Å²) >= 11 is 0. The van der Waals surface area contributed by atoms with Crippen LogP contribution in [0.3, 0.4) is 0 Å². The summed E-state index contributed by atoms with van der Waals surface area (Å²) < 4.78 is 40.7. The van der Waals surface area contributed by atoms with E-state index in [-0.39, 0.29) is 23.9 Å². The van der Waals surface area contributed by atoms with Gasteiger partial charge in [-0.05, 0) is 42.0 Å². The lowest BCUT2D eigenvalue weighted by atomic mass is 10.2. The van der Waals surface area contributed by atoms with Gasteiger partial charge in [-0.3, -0.25) is 4.79 Å². The van der Waals surface area contributed by atoms with Crippen molar-refractivity contribution >= 4 is 21.6 Å². The van der Waals surface area contributed by atoms with E-state index in [1.807, 2.05) is 12.1 Å². The lowest BCUT2D eigenvalue weighted by Gasteiger charge is -2.25.